The zero-order chi connectivity index (χ0) is 26.5. The van der Waals surface area contributed by atoms with E-state index in [1.54, 1.807) is 6.20 Å². The van der Waals surface area contributed by atoms with Crippen molar-refractivity contribution in [2.24, 2.45) is 0 Å². The molecule has 0 bridgehead atoms. The van der Waals surface area contributed by atoms with Crippen molar-refractivity contribution in [2.45, 2.75) is 0 Å². The summed E-state index contributed by atoms with van der Waals surface area (Å²) in [4.78, 5) is 14.9. The van der Waals surface area contributed by atoms with Gasteiger partial charge in [0.05, 0.1) is 33.5 Å². The van der Waals surface area contributed by atoms with Crippen LogP contribution in [0.25, 0.3) is 67.1 Å². The predicted molar refractivity (Wildman–Crippen MR) is 162 cm³/mol. The van der Waals surface area contributed by atoms with E-state index in [1.165, 1.54) is 0 Å². The van der Waals surface area contributed by atoms with Gasteiger partial charge in [0.15, 0.2) is 0 Å². The van der Waals surface area contributed by atoms with E-state index >= 15 is 0 Å². The van der Waals surface area contributed by atoms with Gasteiger partial charge in [-0.2, -0.15) is 0 Å². The number of nitrogens with zero attached hydrogens (tertiary/aromatic N) is 5. The van der Waals surface area contributed by atoms with Crippen LogP contribution in [0.2, 0.25) is 0 Å². The first-order valence-corrected chi connectivity index (χ1v) is 13.3. The molecule has 8 rings (SSSR count). The van der Waals surface area contributed by atoms with Crippen molar-refractivity contribution in [2.75, 3.05) is 0 Å². The summed E-state index contributed by atoms with van der Waals surface area (Å²) in [7, 11) is 0. The summed E-state index contributed by atoms with van der Waals surface area (Å²) in [6.07, 6.45) is 1.80. The van der Waals surface area contributed by atoms with Crippen LogP contribution in [0.1, 0.15) is 0 Å². The molecule has 0 N–H and O–H groups in total. The molecule has 5 nitrogen and oxygen atoms in total. The fourth-order valence-corrected chi connectivity index (χ4v) is 5.67. The molecule has 0 saturated heterocycles. The van der Waals surface area contributed by atoms with Crippen molar-refractivity contribution in [1.29, 1.82) is 0 Å². The van der Waals surface area contributed by atoms with Crippen molar-refractivity contribution in [3.8, 4) is 34.3 Å². The molecule has 0 aliphatic heterocycles. The van der Waals surface area contributed by atoms with E-state index in [-0.39, 0.29) is 0 Å². The summed E-state index contributed by atoms with van der Waals surface area (Å²) in [6.45, 7) is 0. The highest BCUT2D eigenvalue weighted by molar-refractivity contribution is 6.20. The third-order valence-corrected chi connectivity index (χ3v) is 7.40. The Hall–Kier alpha value is -5.55. The first-order valence-electron chi connectivity index (χ1n) is 13.3. The number of hydrogen-bond donors (Lipinski definition) is 0. The lowest BCUT2D eigenvalue weighted by atomic mass is 10.1. The number of para-hydroxylation sites is 2. The monoisotopic (exact) mass is 513 g/mol. The van der Waals surface area contributed by atoms with Gasteiger partial charge in [-0.15, -0.1) is 0 Å². The van der Waals surface area contributed by atoms with Crippen molar-refractivity contribution >= 4 is 32.8 Å². The average Bonchev–Trinajstić information content (AvgIpc) is 3.59. The van der Waals surface area contributed by atoms with Gasteiger partial charge in [-0.3, -0.25) is 14.1 Å². The second kappa shape index (κ2) is 9.03. The Morgan fingerprint density at radius 2 is 1.20 bits per heavy atom. The largest absolute Gasteiger partial charge is 0.294 e. The molecule has 4 aromatic carbocycles. The maximum atomic E-state index is 5.33. The first kappa shape index (κ1) is 22.4. The topological polar surface area (TPSA) is 48.5 Å². The Morgan fingerprint density at radius 3 is 2.02 bits per heavy atom. The summed E-state index contributed by atoms with van der Waals surface area (Å²) in [5.41, 5.74) is 8.03. The van der Waals surface area contributed by atoms with Crippen LogP contribution in [0.4, 0.5) is 0 Å². The molecule has 0 amide bonds. The normalized spacial score (nSPS) is 11.5. The van der Waals surface area contributed by atoms with Crippen LogP contribution in [0, 0.1) is 0 Å². The van der Waals surface area contributed by atoms with Crippen LogP contribution in [0.5, 0.6) is 0 Å². The molecule has 4 aromatic heterocycles. The van der Waals surface area contributed by atoms with E-state index in [2.05, 4.69) is 105 Å². The van der Waals surface area contributed by atoms with E-state index in [0.717, 1.165) is 67.1 Å². The van der Waals surface area contributed by atoms with Gasteiger partial charge < -0.3 is 0 Å². The third-order valence-electron chi connectivity index (χ3n) is 7.40. The molecule has 188 valence electrons. The third kappa shape index (κ3) is 3.45. The minimum Gasteiger partial charge on any atom is -0.294 e. The van der Waals surface area contributed by atoms with E-state index in [1.807, 2.05) is 42.5 Å². The van der Waals surface area contributed by atoms with Gasteiger partial charge in [0.2, 0.25) is 0 Å². The molecule has 8 aromatic rings. The smallest absolute Gasteiger partial charge is 0.145 e. The molecule has 0 aliphatic carbocycles. The quantitative estimate of drug-likeness (QED) is 0.238. The molecule has 0 fully saturated rings. The number of benzene rings is 4. The van der Waals surface area contributed by atoms with Crippen LogP contribution in [-0.2, 0) is 0 Å². The Bertz CT molecular complexity index is 2140. The van der Waals surface area contributed by atoms with Gasteiger partial charge in [-0.05, 0) is 54.6 Å². The highest BCUT2D eigenvalue weighted by Gasteiger charge is 2.21. The Labute approximate surface area is 230 Å². The van der Waals surface area contributed by atoms with Gasteiger partial charge in [-0.25, -0.2) is 9.97 Å². The van der Waals surface area contributed by atoms with Crippen LogP contribution < -0.4 is 0 Å². The van der Waals surface area contributed by atoms with Crippen LogP contribution in [-0.4, -0.2) is 24.1 Å². The van der Waals surface area contributed by atoms with Gasteiger partial charge >= 0.3 is 0 Å². The number of rotatable bonds is 4. The zero-order valence-corrected chi connectivity index (χ0v) is 21.5. The standard InChI is InChI=1S/C35H23N5/c1-3-12-24(13-4-1)35-38-34-31(39(35)25-14-5-2-6-15-25)22-21-30-33(34)26-16-7-8-19-29(26)40(30)32-20-11-18-28(37-32)27-17-9-10-23-36-27/h1-23H. The maximum Gasteiger partial charge on any atom is 0.145 e. The zero-order valence-electron chi connectivity index (χ0n) is 21.5. The SMILES string of the molecule is c1ccc(-c2nc3c4c5ccccc5n(-c5cccc(-c6ccccn6)n5)c4ccc3n2-c2ccccc2)cc1. The lowest BCUT2D eigenvalue weighted by molar-refractivity contribution is 1.08. The van der Waals surface area contributed by atoms with Crippen LogP contribution in [0.15, 0.2) is 140 Å². The summed E-state index contributed by atoms with van der Waals surface area (Å²) >= 11 is 0. The van der Waals surface area contributed by atoms with Crippen LogP contribution in [0.3, 0.4) is 0 Å². The van der Waals surface area contributed by atoms with E-state index in [9.17, 15) is 0 Å². The van der Waals surface area contributed by atoms with Gasteiger partial charge in [-0.1, -0.05) is 78.9 Å². The molecule has 0 radical (unpaired) electrons. The van der Waals surface area contributed by atoms with Gasteiger partial charge in [0, 0.05) is 28.2 Å². The van der Waals surface area contributed by atoms with Crippen molar-refractivity contribution in [3.63, 3.8) is 0 Å². The second-order valence-electron chi connectivity index (χ2n) is 9.75. The minimum absolute atomic E-state index is 0.838. The number of fused-ring (bicyclic) bond motifs is 5. The Balaban J connectivity index is 1.46. The lowest BCUT2D eigenvalue weighted by Crippen LogP contribution is -1.99. The van der Waals surface area contributed by atoms with Gasteiger partial charge in [0.1, 0.15) is 11.6 Å². The maximum absolute atomic E-state index is 5.33. The van der Waals surface area contributed by atoms with Crippen molar-refractivity contribution in [1.82, 2.24) is 24.1 Å². The predicted octanol–water partition coefficient (Wildman–Crippen LogP) is 8.25. The Morgan fingerprint density at radius 1 is 0.475 bits per heavy atom. The van der Waals surface area contributed by atoms with E-state index in [0.29, 0.717) is 0 Å². The van der Waals surface area contributed by atoms with Crippen LogP contribution >= 0.6 is 0 Å². The molecule has 40 heavy (non-hydrogen) atoms. The summed E-state index contributed by atoms with van der Waals surface area (Å²) in [5.74, 6) is 1.76. The summed E-state index contributed by atoms with van der Waals surface area (Å²) < 4.78 is 4.50. The van der Waals surface area contributed by atoms with Crippen molar-refractivity contribution < 1.29 is 0 Å². The molecule has 0 saturated carbocycles. The molecular formula is C35H23N5. The summed E-state index contributed by atoms with van der Waals surface area (Å²) in [6, 6.07) is 45.7. The first-order chi connectivity index (χ1) is 19.9. The second-order valence-corrected chi connectivity index (χ2v) is 9.75. The van der Waals surface area contributed by atoms with E-state index in [4.69, 9.17) is 9.97 Å². The molecule has 0 spiro atoms. The average molecular weight is 514 g/mol. The number of hydrogen-bond acceptors (Lipinski definition) is 3. The fourth-order valence-electron chi connectivity index (χ4n) is 5.67. The molecular weight excluding hydrogens is 490 g/mol. The lowest BCUT2D eigenvalue weighted by Gasteiger charge is -2.10. The number of imidazole rings is 1. The highest BCUT2D eigenvalue weighted by Crippen LogP contribution is 2.39. The number of aromatic nitrogens is 5. The minimum atomic E-state index is 0.838. The Kier molecular flexibility index (Phi) is 5.07. The highest BCUT2D eigenvalue weighted by atomic mass is 15.1. The molecule has 0 atom stereocenters. The molecule has 4 heterocycles. The van der Waals surface area contributed by atoms with E-state index < -0.39 is 0 Å². The molecule has 0 aliphatic rings. The van der Waals surface area contributed by atoms with Crippen molar-refractivity contribution in [3.05, 3.63) is 140 Å². The molecule has 0 unspecified atom stereocenters. The van der Waals surface area contributed by atoms with Gasteiger partial charge in [0.25, 0.3) is 0 Å². The fraction of sp³-hybridized carbons (Fsp3) is 0. The number of pyridine rings is 2. The summed E-state index contributed by atoms with van der Waals surface area (Å²) in [5, 5.41) is 2.26. The molecule has 5 heteroatoms.